The van der Waals surface area contributed by atoms with Gasteiger partial charge in [0.25, 0.3) is 0 Å². The number of rotatable bonds is 8. The lowest BCUT2D eigenvalue weighted by atomic mass is 9.85. The van der Waals surface area contributed by atoms with Crippen molar-refractivity contribution in [3.63, 3.8) is 0 Å². The highest BCUT2D eigenvalue weighted by atomic mass is 16.1. The molecule has 2 nitrogen and oxygen atoms in total. The van der Waals surface area contributed by atoms with Gasteiger partial charge in [0, 0.05) is 19.3 Å². The van der Waals surface area contributed by atoms with Crippen LogP contribution in [0, 0.1) is 5.92 Å². The van der Waals surface area contributed by atoms with Crippen LogP contribution in [0.4, 0.5) is 0 Å². The van der Waals surface area contributed by atoms with E-state index in [1.807, 2.05) is 18.2 Å². The number of benzene rings is 2. The average Bonchev–Trinajstić information content (AvgIpc) is 2.88. The minimum absolute atomic E-state index is 0.284. The lowest BCUT2D eigenvalue weighted by molar-refractivity contribution is -0.121. The Morgan fingerprint density at radius 1 is 0.824 bits per heavy atom. The molecular formula is C32H42O2. The molecule has 1 fully saturated rings. The van der Waals surface area contributed by atoms with Crippen molar-refractivity contribution in [2.75, 3.05) is 0 Å². The van der Waals surface area contributed by atoms with Gasteiger partial charge in [-0.25, -0.2) is 0 Å². The van der Waals surface area contributed by atoms with Crippen molar-refractivity contribution < 1.29 is 9.59 Å². The molecule has 0 amide bonds. The Bertz CT molecular complexity index is 851. The third-order valence-corrected chi connectivity index (χ3v) is 6.33. The van der Waals surface area contributed by atoms with E-state index in [2.05, 4.69) is 61.2 Å². The van der Waals surface area contributed by atoms with Gasteiger partial charge in [-0.15, -0.1) is 6.58 Å². The number of allylic oxidation sites excluding steroid dienone is 3. The predicted octanol–water partition coefficient (Wildman–Crippen LogP) is 8.26. The molecule has 4 rings (SSSR count). The second kappa shape index (κ2) is 17.7. The summed E-state index contributed by atoms with van der Waals surface area (Å²) < 4.78 is 0. The second-order valence-corrected chi connectivity index (χ2v) is 9.31. The maximum Gasteiger partial charge on any atom is 0.155 e. The van der Waals surface area contributed by atoms with Crippen molar-refractivity contribution in [1.82, 2.24) is 0 Å². The quantitative estimate of drug-likeness (QED) is 0.295. The van der Waals surface area contributed by atoms with Gasteiger partial charge in [-0.05, 0) is 74.5 Å². The van der Waals surface area contributed by atoms with Gasteiger partial charge in [-0.1, -0.05) is 85.7 Å². The van der Waals surface area contributed by atoms with Crippen LogP contribution in [0.5, 0.6) is 0 Å². The molecule has 0 N–H and O–H groups in total. The molecule has 0 saturated heterocycles. The van der Waals surface area contributed by atoms with Gasteiger partial charge in [0.1, 0.15) is 5.78 Å². The van der Waals surface area contributed by atoms with Crippen LogP contribution < -0.4 is 0 Å². The molecule has 1 unspecified atom stereocenters. The topological polar surface area (TPSA) is 34.1 Å². The molecule has 34 heavy (non-hydrogen) atoms. The number of unbranched alkanes of at least 4 members (excludes halogenated alkanes) is 1. The highest BCUT2D eigenvalue weighted by Gasteiger charge is 2.18. The Balaban J connectivity index is 0.000000202. The highest BCUT2D eigenvalue weighted by Crippen LogP contribution is 2.26. The van der Waals surface area contributed by atoms with Gasteiger partial charge < -0.3 is 0 Å². The molecule has 182 valence electrons. The van der Waals surface area contributed by atoms with Gasteiger partial charge in [0.15, 0.2) is 5.78 Å². The second-order valence-electron chi connectivity index (χ2n) is 9.31. The van der Waals surface area contributed by atoms with Gasteiger partial charge in [0.05, 0.1) is 0 Å². The number of Topliss-reactive ketones (excluding diaryl/α,β-unsaturated/α-hetero) is 1. The molecule has 1 saturated carbocycles. The molecule has 0 heterocycles. The Morgan fingerprint density at radius 3 is 2.03 bits per heavy atom. The third-order valence-electron chi connectivity index (χ3n) is 6.33. The lowest BCUT2D eigenvalue weighted by Gasteiger charge is -2.20. The maximum atomic E-state index is 11.3. The number of aryl methyl sites for hydroxylation is 2. The van der Waals surface area contributed by atoms with Crippen LogP contribution >= 0.6 is 0 Å². The Morgan fingerprint density at radius 2 is 1.50 bits per heavy atom. The zero-order chi connectivity index (χ0) is 24.3. The molecule has 2 aromatic rings. The summed E-state index contributed by atoms with van der Waals surface area (Å²) in [6, 6.07) is 21.1. The fourth-order valence-corrected chi connectivity index (χ4v) is 4.37. The zero-order valence-electron chi connectivity index (χ0n) is 20.8. The van der Waals surface area contributed by atoms with Gasteiger partial charge >= 0.3 is 0 Å². The van der Waals surface area contributed by atoms with Crippen molar-refractivity contribution in [3.8, 4) is 0 Å². The number of hydrogen-bond acceptors (Lipinski definition) is 2. The molecule has 1 atom stereocenters. The molecule has 2 heteroatoms. The summed E-state index contributed by atoms with van der Waals surface area (Å²) in [7, 11) is 0. The van der Waals surface area contributed by atoms with E-state index in [4.69, 9.17) is 0 Å². The predicted molar refractivity (Wildman–Crippen MR) is 144 cm³/mol. The third kappa shape index (κ3) is 13.1. The summed E-state index contributed by atoms with van der Waals surface area (Å²) in [6.07, 6.45) is 19.7. The minimum atomic E-state index is 0.284. The van der Waals surface area contributed by atoms with Gasteiger partial charge in [-0.2, -0.15) is 0 Å². The summed E-state index contributed by atoms with van der Waals surface area (Å²) >= 11 is 0. The molecular weight excluding hydrogens is 416 g/mol. The fraction of sp³-hybridized carbons (Fsp3) is 0.438. The number of carbonyl (C=O) groups excluding carboxylic acids is 2. The Kier molecular flexibility index (Phi) is 14.3. The van der Waals surface area contributed by atoms with Crippen molar-refractivity contribution in [2.45, 2.75) is 83.5 Å². The van der Waals surface area contributed by atoms with Crippen LogP contribution in [-0.4, -0.2) is 11.6 Å². The molecule has 0 spiro atoms. The molecule has 0 radical (unpaired) electrons. The summed E-state index contributed by atoms with van der Waals surface area (Å²) in [5.74, 6) is 1.46. The summed E-state index contributed by atoms with van der Waals surface area (Å²) in [6.45, 7) is 3.68. The SMILES string of the molecule is C=CCCc1ccccc1.O=C1C=CCCC1.O=C1CCCC(CCCCc2ccccc2)C1. The molecule has 2 aliphatic carbocycles. The molecule has 2 aromatic carbocycles. The molecule has 0 bridgehead atoms. The number of hydrogen-bond donors (Lipinski definition) is 0. The van der Waals surface area contributed by atoms with Crippen molar-refractivity contribution in [3.05, 3.63) is 96.6 Å². The van der Waals surface area contributed by atoms with E-state index < -0.39 is 0 Å². The molecule has 2 aliphatic rings. The van der Waals surface area contributed by atoms with Crippen LogP contribution in [-0.2, 0) is 22.4 Å². The van der Waals surface area contributed by atoms with E-state index >= 15 is 0 Å². The lowest BCUT2D eigenvalue weighted by Crippen LogP contribution is -2.14. The van der Waals surface area contributed by atoms with E-state index in [0.29, 0.717) is 11.7 Å². The average molecular weight is 459 g/mol. The first-order chi connectivity index (χ1) is 16.7. The molecule has 0 aromatic heterocycles. The van der Waals surface area contributed by atoms with Crippen LogP contribution in [0.25, 0.3) is 0 Å². The van der Waals surface area contributed by atoms with Crippen LogP contribution in [0.3, 0.4) is 0 Å². The monoisotopic (exact) mass is 458 g/mol. The van der Waals surface area contributed by atoms with Crippen LogP contribution in [0.1, 0.15) is 81.8 Å². The summed E-state index contributed by atoms with van der Waals surface area (Å²) in [5.41, 5.74) is 2.83. The normalized spacial score (nSPS) is 17.1. The van der Waals surface area contributed by atoms with E-state index in [1.165, 1.54) is 43.2 Å². The first-order valence-corrected chi connectivity index (χ1v) is 13.1. The number of ketones is 2. The largest absolute Gasteiger partial charge is 0.300 e. The smallest absolute Gasteiger partial charge is 0.155 e. The van der Waals surface area contributed by atoms with E-state index in [1.54, 1.807) is 6.08 Å². The van der Waals surface area contributed by atoms with Crippen molar-refractivity contribution >= 4 is 11.6 Å². The van der Waals surface area contributed by atoms with Crippen molar-refractivity contribution in [1.29, 1.82) is 0 Å². The van der Waals surface area contributed by atoms with E-state index in [0.717, 1.165) is 51.4 Å². The highest BCUT2D eigenvalue weighted by molar-refractivity contribution is 5.90. The van der Waals surface area contributed by atoms with Crippen LogP contribution in [0.15, 0.2) is 85.5 Å². The van der Waals surface area contributed by atoms with Gasteiger partial charge in [0.2, 0.25) is 0 Å². The van der Waals surface area contributed by atoms with E-state index in [-0.39, 0.29) is 5.78 Å². The van der Waals surface area contributed by atoms with E-state index in [9.17, 15) is 9.59 Å². The fourth-order valence-electron chi connectivity index (χ4n) is 4.37. The van der Waals surface area contributed by atoms with Crippen molar-refractivity contribution in [2.24, 2.45) is 5.92 Å². The van der Waals surface area contributed by atoms with Crippen LogP contribution in [0.2, 0.25) is 0 Å². The zero-order valence-corrected chi connectivity index (χ0v) is 20.8. The summed E-state index contributed by atoms with van der Waals surface area (Å²) in [4.78, 5) is 21.7. The first-order valence-electron chi connectivity index (χ1n) is 13.1. The minimum Gasteiger partial charge on any atom is -0.300 e. The number of carbonyl (C=O) groups is 2. The Labute approximate surface area is 207 Å². The molecule has 0 aliphatic heterocycles. The first kappa shape index (κ1) is 27.5. The van der Waals surface area contributed by atoms with Gasteiger partial charge in [-0.3, -0.25) is 9.59 Å². The standard InChI is InChI=1S/C16H22O.C10H12.C6H8O/c17-16-12-6-11-15(13-16)10-5-4-9-14-7-2-1-3-8-14;1-2-3-7-10-8-5-4-6-9-10;7-6-4-2-1-3-5-6/h1-3,7-8,15H,4-6,9-13H2;2,4-6,8-9H,1,3,7H2;2,4H,1,3,5H2. The summed E-state index contributed by atoms with van der Waals surface area (Å²) in [5, 5.41) is 0. The Hall–Kier alpha value is -2.74. The maximum absolute atomic E-state index is 11.3.